The van der Waals surface area contributed by atoms with Crippen LogP contribution in [0.15, 0.2) is 255 Å². The maximum Gasteiger partial charge on any atom is 0.118 e. The summed E-state index contributed by atoms with van der Waals surface area (Å²) in [5.41, 5.74) is 19.7. The summed E-state index contributed by atoms with van der Waals surface area (Å²) in [7, 11) is 1.71. The van der Waals surface area contributed by atoms with Gasteiger partial charge < -0.3 is 9.64 Å². The highest BCUT2D eigenvalue weighted by atomic mass is 16.5. The summed E-state index contributed by atoms with van der Waals surface area (Å²) in [6.45, 7) is 0. The average Bonchev–Trinajstić information content (AvgIpc) is 3.86. The van der Waals surface area contributed by atoms with Crippen molar-refractivity contribution in [2.75, 3.05) is 12.0 Å². The summed E-state index contributed by atoms with van der Waals surface area (Å²) in [5, 5.41) is 0. The van der Waals surface area contributed by atoms with Gasteiger partial charge in [0, 0.05) is 17.1 Å². The van der Waals surface area contributed by atoms with Crippen molar-refractivity contribution in [2.45, 2.75) is 10.8 Å². The maximum absolute atomic E-state index is 5.49. The van der Waals surface area contributed by atoms with Crippen LogP contribution in [0.3, 0.4) is 0 Å². The molecule has 0 heterocycles. The second-order valence-electron chi connectivity index (χ2n) is 17.1. The van der Waals surface area contributed by atoms with E-state index in [9.17, 15) is 0 Å². The van der Waals surface area contributed by atoms with E-state index in [-0.39, 0.29) is 0 Å². The van der Waals surface area contributed by atoms with Gasteiger partial charge in [-0.3, -0.25) is 0 Å². The van der Waals surface area contributed by atoms with E-state index in [0.717, 1.165) is 33.9 Å². The number of nitrogens with zero attached hydrogens (tertiary/aromatic N) is 1. The molecule has 2 aliphatic rings. The quantitative estimate of drug-likeness (QED) is 0.144. The molecular weight excluding hydrogens is 787 g/mol. The van der Waals surface area contributed by atoms with Gasteiger partial charge in [-0.25, -0.2) is 0 Å². The Bertz CT molecular complexity index is 3250. The number of fused-ring (bicyclic) bond motifs is 6. The molecule has 10 aromatic carbocycles. The summed E-state index contributed by atoms with van der Waals surface area (Å²) in [4.78, 5) is 2.45. The lowest BCUT2D eigenvalue weighted by Gasteiger charge is -2.35. The summed E-state index contributed by atoms with van der Waals surface area (Å²) < 4.78 is 5.49. The largest absolute Gasteiger partial charge is 0.497 e. The molecule has 0 spiro atoms. The Morgan fingerprint density at radius 2 is 0.662 bits per heavy atom. The molecule has 0 unspecified atom stereocenters. The lowest BCUT2D eigenvalue weighted by Crippen LogP contribution is -2.28. The van der Waals surface area contributed by atoms with Gasteiger partial charge in [0.25, 0.3) is 0 Å². The molecule has 10 aromatic rings. The van der Waals surface area contributed by atoms with Crippen LogP contribution in [0.2, 0.25) is 0 Å². The van der Waals surface area contributed by atoms with Crippen LogP contribution in [0.4, 0.5) is 17.1 Å². The summed E-state index contributed by atoms with van der Waals surface area (Å²) in [6, 6.07) is 93.8. The van der Waals surface area contributed by atoms with Gasteiger partial charge in [-0.2, -0.15) is 0 Å². The molecule has 0 aliphatic heterocycles. The molecule has 12 rings (SSSR count). The highest BCUT2D eigenvalue weighted by Crippen LogP contribution is 2.59. The minimum Gasteiger partial charge on any atom is -0.497 e. The maximum atomic E-state index is 5.49. The predicted molar refractivity (Wildman–Crippen MR) is 268 cm³/mol. The monoisotopic (exact) mass is 831 g/mol. The minimum absolute atomic E-state index is 0.484. The SMILES string of the molecule is COc1ccc(-c2ccc(N(c3ccc4c(c3)-c3ccccc3C4(c3ccccc3)c3ccccc3)c3ccc4c(c3)C(c3ccccc3)(c3ccccc3)c3ccccc3-4)cc2)cc1. The van der Waals surface area contributed by atoms with Gasteiger partial charge >= 0.3 is 0 Å². The van der Waals surface area contributed by atoms with Gasteiger partial charge in [-0.1, -0.05) is 206 Å². The number of methoxy groups -OCH3 is 1. The fraction of sp³-hybridized carbons (Fsp3) is 0.0476. The first-order chi connectivity index (χ1) is 32.2. The molecule has 0 radical (unpaired) electrons. The summed E-state index contributed by atoms with van der Waals surface area (Å²) in [5.74, 6) is 0.846. The Morgan fingerprint density at radius 3 is 1.17 bits per heavy atom. The summed E-state index contributed by atoms with van der Waals surface area (Å²) in [6.07, 6.45) is 0. The van der Waals surface area contributed by atoms with Gasteiger partial charge in [0.1, 0.15) is 5.75 Å². The van der Waals surface area contributed by atoms with Gasteiger partial charge in [0.05, 0.1) is 17.9 Å². The molecule has 65 heavy (non-hydrogen) atoms. The van der Waals surface area contributed by atoms with E-state index < -0.39 is 10.8 Å². The Morgan fingerprint density at radius 1 is 0.292 bits per heavy atom. The zero-order chi connectivity index (χ0) is 43.4. The number of hydrogen-bond acceptors (Lipinski definition) is 2. The van der Waals surface area contributed by atoms with Crippen molar-refractivity contribution in [3.63, 3.8) is 0 Å². The molecule has 0 fully saturated rings. The van der Waals surface area contributed by atoms with Crippen molar-refractivity contribution in [1.29, 1.82) is 0 Å². The Balaban J connectivity index is 1.10. The lowest BCUT2D eigenvalue weighted by atomic mass is 9.67. The molecule has 2 heteroatoms. The fourth-order valence-electron chi connectivity index (χ4n) is 11.2. The van der Waals surface area contributed by atoms with Gasteiger partial charge in [-0.15, -0.1) is 0 Å². The average molecular weight is 832 g/mol. The summed E-state index contributed by atoms with van der Waals surface area (Å²) >= 11 is 0. The van der Waals surface area contributed by atoms with Crippen LogP contribution in [0.25, 0.3) is 33.4 Å². The fourth-order valence-corrected chi connectivity index (χ4v) is 11.2. The molecule has 0 N–H and O–H groups in total. The molecule has 308 valence electrons. The zero-order valence-corrected chi connectivity index (χ0v) is 36.1. The van der Waals surface area contributed by atoms with E-state index in [0.29, 0.717) is 0 Å². The molecule has 2 aliphatic carbocycles. The first-order valence-electron chi connectivity index (χ1n) is 22.4. The molecule has 0 saturated heterocycles. The molecule has 0 bridgehead atoms. The topological polar surface area (TPSA) is 12.5 Å². The van der Waals surface area contributed by atoms with Gasteiger partial charge in [0.2, 0.25) is 0 Å². The Labute approximate surface area is 381 Å². The third-order valence-corrected chi connectivity index (χ3v) is 13.9. The van der Waals surface area contributed by atoms with E-state index >= 15 is 0 Å². The standard InChI is InChI=1S/C63H45NO/c1-65-53-38-32-45(33-39-53)44-30-34-50(35-31-44)64(51-37-41-60-57(42-51)55-27-15-17-29-59(55)62(60,46-18-6-2-7-19-46)47-20-8-3-9-21-47)52-36-40-56-54-26-14-16-28-58(54)63(61(56)43-52,48-22-10-4-11-23-48)49-24-12-5-13-25-49/h2-43H,1H3. The molecule has 0 aromatic heterocycles. The van der Waals surface area contributed by atoms with Crippen LogP contribution >= 0.6 is 0 Å². The smallest absolute Gasteiger partial charge is 0.118 e. The van der Waals surface area contributed by atoms with Crippen molar-refractivity contribution >= 4 is 17.1 Å². The Kier molecular flexibility index (Phi) is 9.21. The molecule has 0 amide bonds. The number of ether oxygens (including phenoxy) is 1. The van der Waals surface area contributed by atoms with Crippen LogP contribution in [-0.4, -0.2) is 7.11 Å². The first-order valence-corrected chi connectivity index (χ1v) is 22.4. The van der Waals surface area contributed by atoms with Crippen LogP contribution in [-0.2, 0) is 10.8 Å². The highest BCUT2D eigenvalue weighted by molar-refractivity contribution is 5.93. The number of anilines is 3. The lowest BCUT2D eigenvalue weighted by molar-refractivity contribution is 0.415. The van der Waals surface area contributed by atoms with Crippen LogP contribution in [0, 0.1) is 0 Å². The second kappa shape index (κ2) is 15.6. The number of rotatable bonds is 9. The van der Waals surface area contributed by atoms with Gasteiger partial charge in [-0.05, 0) is 126 Å². The van der Waals surface area contributed by atoms with Crippen molar-refractivity contribution in [2.24, 2.45) is 0 Å². The van der Waals surface area contributed by atoms with E-state index in [2.05, 4.69) is 248 Å². The second-order valence-corrected chi connectivity index (χ2v) is 17.1. The van der Waals surface area contributed by atoms with Crippen LogP contribution in [0.1, 0.15) is 44.5 Å². The number of benzene rings is 10. The minimum atomic E-state index is -0.532. The third-order valence-electron chi connectivity index (χ3n) is 13.9. The third kappa shape index (κ3) is 5.88. The molecule has 0 atom stereocenters. The molecule has 2 nitrogen and oxygen atoms in total. The normalized spacial score (nSPS) is 13.6. The number of hydrogen-bond donors (Lipinski definition) is 0. The van der Waals surface area contributed by atoms with E-state index in [1.807, 2.05) is 12.1 Å². The molecular formula is C63H45NO. The van der Waals surface area contributed by atoms with E-state index in [1.165, 1.54) is 66.8 Å². The van der Waals surface area contributed by atoms with Crippen molar-refractivity contribution in [1.82, 2.24) is 0 Å². The van der Waals surface area contributed by atoms with Crippen LogP contribution in [0.5, 0.6) is 5.75 Å². The Hall–Kier alpha value is -8.20. The first kappa shape index (κ1) is 38.5. The zero-order valence-electron chi connectivity index (χ0n) is 36.1. The van der Waals surface area contributed by atoms with E-state index in [4.69, 9.17) is 4.74 Å². The highest BCUT2D eigenvalue weighted by Gasteiger charge is 2.48. The van der Waals surface area contributed by atoms with Crippen molar-refractivity contribution in [3.8, 4) is 39.1 Å². The predicted octanol–water partition coefficient (Wildman–Crippen LogP) is 15.6. The van der Waals surface area contributed by atoms with E-state index in [1.54, 1.807) is 7.11 Å². The van der Waals surface area contributed by atoms with Crippen molar-refractivity contribution in [3.05, 3.63) is 299 Å². The molecule has 0 saturated carbocycles. The van der Waals surface area contributed by atoms with Crippen LogP contribution < -0.4 is 9.64 Å². The van der Waals surface area contributed by atoms with Gasteiger partial charge in [0.15, 0.2) is 0 Å². The van der Waals surface area contributed by atoms with Crippen molar-refractivity contribution < 1.29 is 4.74 Å².